The number of nitrogens with one attached hydrogen (secondary N) is 2. The first-order valence-corrected chi connectivity index (χ1v) is 11.2. The second-order valence-electron chi connectivity index (χ2n) is 7.15. The molecule has 0 aliphatic carbocycles. The molecular formula is C25H21BrN4O5. The molecule has 0 aliphatic rings. The van der Waals surface area contributed by atoms with Crippen molar-refractivity contribution >= 4 is 50.6 Å². The van der Waals surface area contributed by atoms with E-state index in [9.17, 15) is 9.59 Å². The Morgan fingerprint density at radius 1 is 0.971 bits per heavy atom. The summed E-state index contributed by atoms with van der Waals surface area (Å²) in [6.07, 6.45) is 2.16. The van der Waals surface area contributed by atoms with Gasteiger partial charge >= 0.3 is 6.03 Å². The fourth-order valence-corrected chi connectivity index (χ4v) is 3.80. The molecule has 9 nitrogen and oxygen atoms in total. The molecule has 10 heteroatoms. The highest BCUT2D eigenvalue weighted by molar-refractivity contribution is 9.10. The second-order valence-corrected chi connectivity index (χ2v) is 8.01. The summed E-state index contributed by atoms with van der Waals surface area (Å²) in [7, 11) is 3.13. The number of hydrazine groups is 1. The van der Waals surface area contributed by atoms with Crippen molar-refractivity contribution < 1.29 is 23.8 Å². The minimum absolute atomic E-state index is 0.500. The van der Waals surface area contributed by atoms with E-state index in [1.54, 1.807) is 81.1 Å². The zero-order valence-electron chi connectivity index (χ0n) is 18.8. The monoisotopic (exact) mass is 536 g/mol. The van der Waals surface area contributed by atoms with Gasteiger partial charge in [0.15, 0.2) is 11.5 Å². The Kier molecular flexibility index (Phi) is 7.32. The topological polar surface area (TPSA) is 102 Å². The molecule has 0 spiro atoms. The van der Waals surface area contributed by atoms with E-state index in [2.05, 4.69) is 31.7 Å². The molecule has 0 atom stereocenters. The third-order valence-corrected chi connectivity index (χ3v) is 5.66. The summed E-state index contributed by atoms with van der Waals surface area (Å²) in [5.74, 6) is 2.28. The van der Waals surface area contributed by atoms with Gasteiger partial charge in [0.1, 0.15) is 11.5 Å². The quantitative estimate of drug-likeness (QED) is 0.227. The highest BCUT2D eigenvalue weighted by Crippen LogP contribution is 2.37. The maximum Gasteiger partial charge on any atom is 0.338 e. The molecule has 35 heavy (non-hydrogen) atoms. The van der Waals surface area contributed by atoms with Crippen LogP contribution in [0.1, 0.15) is 0 Å². The van der Waals surface area contributed by atoms with Crippen LogP contribution in [0, 0.1) is 0 Å². The summed E-state index contributed by atoms with van der Waals surface area (Å²) < 4.78 is 17.4. The first-order valence-electron chi connectivity index (χ1n) is 10.4. The fraction of sp³-hybridized carbons (Fsp3) is 0.0800. The number of methoxy groups -OCH3 is 2. The summed E-state index contributed by atoms with van der Waals surface area (Å²) >= 11 is 3.36. The van der Waals surface area contributed by atoms with Crippen molar-refractivity contribution in [2.75, 3.05) is 24.5 Å². The number of anilines is 2. The van der Waals surface area contributed by atoms with E-state index in [1.807, 2.05) is 6.07 Å². The largest absolute Gasteiger partial charge is 0.493 e. The molecule has 0 radical (unpaired) electrons. The third-order valence-electron chi connectivity index (χ3n) is 4.99. The van der Waals surface area contributed by atoms with Crippen LogP contribution < -0.4 is 30.0 Å². The average molecular weight is 537 g/mol. The van der Waals surface area contributed by atoms with Gasteiger partial charge in [-0.05, 0) is 64.5 Å². The number of ether oxygens (including phenoxy) is 3. The SMILES string of the molecule is COc1cc2nccc(Oc3ccc(NC(=O)NN(C=O)c4ccccc4Br)cc3)c2cc1OC. The Morgan fingerprint density at radius 2 is 1.69 bits per heavy atom. The van der Waals surface area contributed by atoms with Gasteiger partial charge in [0, 0.05) is 27.8 Å². The van der Waals surface area contributed by atoms with Gasteiger partial charge in [-0.3, -0.25) is 9.78 Å². The van der Waals surface area contributed by atoms with Gasteiger partial charge in [0.05, 0.1) is 25.4 Å². The molecule has 3 aromatic carbocycles. The van der Waals surface area contributed by atoms with Crippen LogP contribution in [0.5, 0.6) is 23.0 Å². The van der Waals surface area contributed by atoms with Gasteiger partial charge in [-0.1, -0.05) is 12.1 Å². The summed E-state index contributed by atoms with van der Waals surface area (Å²) in [5.41, 5.74) is 4.20. The highest BCUT2D eigenvalue weighted by atomic mass is 79.9. The Morgan fingerprint density at radius 3 is 2.37 bits per heavy atom. The van der Waals surface area contributed by atoms with E-state index >= 15 is 0 Å². The van der Waals surface area contributed by atoms with E-state index in [0.29, 0.717) is 50.8 Å². The molecule has 0 saturated heterocycles. The predicted octanol–water partition coefficient (Wildman–Crippen LogP) is 5.51. The maximum absolute atomic E-state index is 12.4. The number of carbonyl (C=O) groups excluding carboxylic acids is 2. The Labute approximate surface area is 209 Å². The van der Waals surface area contributed by atoms with Crippen molar-refractivity contribution in [1.29, 1.82) is 0 Å². The molecule has 0 saturated carbocycles. The van der Waals surface area contributed by atoms with Crippen LogP contribution in [0.3, 0.4) is 0 Å². The number of urea groups is 1. The number of pyridine rings is 1. The lowest BCUT2D eigenvalue weighted by molar-refractivity contribution is -0.107. The molecule has 3 amide bonds. The molecule has 178 valence electrons. The normalized spacial score (nSPS) is 10.4. The van der Waals surface area contributed by atoms with Crippen molar-refractivity contribution in [1.82, 2.24) is 10.4 Å². The lowest BCUT2D eigenvalue weighted by Gasteiger charge is -2.20. The van der Waals surface area contributed by atoms with Gasteiger partial charge in [-0.25, -0.2) is 15.2 Å². The number of nitrogens with zero attached hydrogens (tertiary/aromatic N) is 2. The fourth-order valence-electron chi connectivity index (χ4n) is 3.33. The number of amides is 3. The van der Waals surface area contributed by atoms with Crippen molar-refractivity contribution in [3.05, 3.63) is 77.4 Å². The number of aromatic nitrogens is 1. The van der Waals surface area contributed by atoms with Crippen LogP contribution in [-0.2, 0) is 4.79 Å². The van der Waals surface area contributed by atoms with Gasteiger partial charge in [-0.2, -0.15) is 0 Å². The Balaban J connectivity index is 1.46. The van der Waals surface area contributed by atoms with Gasteiger partial charge < -0.3 is 19.5 Å². The van der Waals surface area contributed by atoms with Crippen molar-refractivity contribution in [2.45, 2.75) is 0 Å². The van der Waals surface area contributed by atoms with Crippen molar-refractivity contribution in [2.24, 2.45) is 0 Å². The Bertz CT molecular complexity index is 1360. The van der Waals surface area contributed by atoms with E-state index < -0.39 is 6.03 Å². The summed E-state index contributed by atoms with van der Waals surface area (Å²) in [5, 5.41) is 4.52. The van der Waals surface area contributed by atoms with E-state index in [1.165, 1.54) is 0 Å². The molecule has 1 heterocycles. The summed E-state index contributed by atoms with van der Waals surface area (Å²) in [6, 6.07) is 18.6. The van der Waals surface area contributed by atoms with Crippen LogP contribution in [0.25, 0.3) is 10.9 Å². The minimum Gasteiger partial charge on any atom is -0.493 e. The second kappa shape index (κ2) is 10.7. The number of rotatable bonds is 8. The average Bonchev–Trinajstić information content (AvgIpc) is 2.88. The molecule has 2 N–H and O–H groups in total. The van der Waals surface area contributed by atoms with E-state index in [-0.39, 0.29) is 0 Å². The first kappa shape index (κ1) is 23.8. The highest BCUT2D eigenvalue weighted by Gasteiger charge is 2.13. The zero-order chi connectivity index (χ0) is 24.8. The van der Waals surface area contributed by atoms with E-state index in [0.717, 1.165) is 10.4 Å². The molecule has 0 aliphatic heterocycles. The van der Waals surface area contributed by atoms with Gasteiger partial charge in [-0.15, -0.1) is 0 Å². The molecule has 0 bridgehead atoms. The molecule has 0 fully saturated rings. The zero-order valence-corrected chi connectivity index (χ0v) is 20.4. The minimum atomic E-state index is -0.581. The summed E-state index contributed by atoms with van der Waals surface area (Å²) in [4.78, 5) is 28.2. The number of benzene rings is 3. The number of carbonyl (C=O) groups is 2. The smallest absolute Gasteiger partial charge is 0.338 e. The first-order chi connectivity index (χ1) is 17.0. The number of halogens is 1. The van der Waals surface area contributed by atoms with Crippen molar-refractivity contribution in [3.8, 4) is 23.0 Å². The van der Waals surface area contributed by atoms with Gasteiger partial charge in [0.25, 0.3) is 0 Å². The summed E-state index contributed by atoms with van der Waals surface area (Å²) in [6.45, 7) is 0. The van der Waals surface area contributed by atoms with Crippen LogP contribution in [0.2, 0.25) is 0 Å². The number of hydrogen-bond donors (Lipinski definition) is 2. The standard InChI is InChI=1S/C25H21BrN4O5/c1-33-23-13-18-20(14-24(23)34-2)27-12-11-22(18)35-17-9-7-16(8-10-17)28-25(32)29-30(15-31)21-6-4-3-5-19(21)26/h3-15H,1-2H3,(H2,28,29,32). The van der Waals surface area contributed by atoms with Crippen molar-refractivity contribution in [3.63, 3.8) is 0 Å². The van der Waals surface area contributed by atoms with Gasteiger partial charge in [0.2, 0.25) is 6.41 Å². The van der Waals surface area contributed by atoms with Crippen LogP contribution in [0.15, 0.2) is 77.4 Å². The molecule has 4 rings (SSSR count). The predicted molar refractivity (Wildman–Crippen MR) is 136 cm³/mol. The molecule has 4 aromatic rings. The van der Waals surface area contributed by atoms with Crippen LogP contribution >= 0.6 is 15.9 Å². The van der Waals surface area contributed by atoms with E-state index in [4.69, 9.17) is 14.2 Å². The number of para-hydroxylation sites is 1. The molecule has 0 unspecified atom stereocenters. The lowest BCUT2D eigenvalue weighted by Crippen LogP contribution is -2.44. The number of fused-ring (bicyclic) bond motifs is 1. The number of hydrogen-bond acceptors (Lipinski definition) is 6. The lowest BCUT2D eigenvalue weighted by atomic mass is 10.2. The molecule has 1 aromatic heterocycles. The molecular weight excluding hydrogens is 516 g/mol. The van der Waals surface area contributed by atoms with Crippen LogP contribution in [-0.4, -0.2) is 31.6 Å². The maximum atomic E-state index is 12.4. The van der Waals surface area contributed by atoms with Crippen LogP contribution in [0.4, 0.5) is 16.2 Å². The third kappa shape index (κ3) is 5.44. The Hall–Kier alpha value is -4.31.